The second-order valence-electron chi connectivity index (χ2n) is 9.22. The molecule has 0 aliphatic carbocycles. The molecule has 1 atom stereocenters. The fourth-order valence-corrected chi connectivity index (χ4v) is 5.08. The Hall–Kier alpha value is -2.88. The first-order valence-electron chi connectivity index (χ1n) is 12.2. The number of aryl methyl sites for hydroxylation is 1. The van der Waals surface area contributed by atoms with Crippen molar-refractivity contribution in [3.05, 3.63) is 69.9 Å². The largest absolute Gasteiger partial charge is 0.382 e. The monoisotopic (exact) mass is 495 g/mol. The lowest BCUT2D eigenvalue weighted by atomic mass is 10.1. The van der Waals surface area contributed by atoms with Gasteiger partial charge in [0.25, 0.3) is 0 Å². The van der Waals surface area contributed by atoms with Gasteiger partial charge in [0.2, 0.25) is 21.5 Å². The zero-order chi connectivity index (χ0) is 25.0. The van der Waals surface area contributed by atoms with E-state index < -0.39 is 10.0 Å². The number of nitrogens with two attached hydrogens (primary N) is 2. The number of nitrogens with zero attached hydrogens (tertiary/aromatic N) is 3. The molecule has 0 radical (unpaired) electrons. The molecule has 9 heteroatoms. The summed E-state index contributed by atoms with van der Waals surface area (Å²) in [7, 11) is -3.17. The zero-order valence-electron chi connectivity index (χ0n) is 20.5. The van der Waals surface area contributed by atoms with Gasteiger partial charge in [0.05, 0.1) is 17.2 Å². The van der Waals surface area contributed by atoms with Gasteiger partial charge in [-0.3, -0.25) is 0 Å². The van der Waals surface area contributed by atoms with Crippen molar-refractivity contribution < 1.29 is 8.42 Å². The first-order chi connectivity index (χ1) is 16.8. The number of sulfonamides is 1. The summed E-state index contributed by atoms with van der Waals surface area (Å²) >= 11 is 0. The molecule has 1 aromatic heterocycles. The number of nitrogen functional groups attached to an aromatic ring is 1. The van der Waals surface area contributed by atoms with E-state index in [1.807, 2.05) is 0 Å². The van der Waals surface area contributed by atoms with Crippen molar-refractivity contribution in [3.63, 3.8) is 0 Å². The third kappa shape index (κ3) is 6.04. The van der Waals surface area contributed by atoms with E-state index in [9.17, 15) is 8.42 Å². The molecule has 1 aliphatic heterocycles. The van der Waals surface area contributed by atoms with Crippen molar-refractivity contribution in [2.75, 3.05) is 18.5 Å². The molecule has 3 aromatic rings. The number of nitrogens with one attached hydrogen (secondary N) is 1. The van der Waals surface area contributed by atoms with Gasteiger partial charge < -0.3 is 11.5 Å². The molecular weight excluding hydrogens is 460 g/mol. The number of benzene rings is 2. The van der Waals surface area contributed by atoms with Gasteiger partial charge in [0.15, 0.2) is 17.7 Å². The van der Waals surface area contributed by atoms with Crippen molar-refractivity contribution >= 4 is 26.7 Å². The quantitative estimate of drug-likeness (QED) is 0.275. The van der Waals surface area contributed by atoms with Crippen LogP contribution in [0.15, 0.2) is 47.5 Å². The maximum atomic E-state index is 11.3. The molecule has 0 spiro atoms. The van der Waals surface area contributed by atoms with Crippen LogP contribution in [0.25, 0.3) is 10.9 Å². The van der Waals surface area contributed by atoms with E-state index in [1.165, 1.54) is 11.8 Å². The number of unbranched alkanes of at least 4 members (excludes halogenated alkanes) is 1. The van der Waals surface area contributed by atoms with Crippen molar-refractivity contribution in [2.45, 2.75) is 58.3 Å². The Morgan fingerprint density at radius 2 is 1.77 bits per heavy atom. The van der Waals surface area contributed by atoms with E-state index >= 15 is 0 Å². The zero-order valence-corrected chi connectivity index (χ0v) is 21.3. The Morgan fingerprint density at radius 3 is 2.46 bits per heavy atom. The predicted octanol–water partition coefficient (Wildman–Crippen LogP) is 1.60. The number of anilines is 1. The third-order valence-electron chi connectivity index (χ3n) is 6.38. The molecule has 0 amide bonds. The highest BCUT2D eigenvalue weighted by Crippen LogP contribution is 2.16. The lowest BCUT2D eigenvalue weighted by Crippen LogP contribution is -2.39. The van der Waals surface area contributed by atoms with Gasteiger partial charge in [-0.2, -0.15) is 4.58 Å². The van der Waals surface area contributed by atoms with Crippen LogP contribution in [0.5, 0.6) is 0 Å². The highest BCUT2D eigenvalue weighted by atomic mass is 32.2. The SMILES string of the molecule is CCCCC1N=c2c(N)nc3cc(CCCNS(C)(=O)=O)ccc3c2=[N+]1Cc1ccc(CN)cc1. The topological polar surface area (TPSA) is 126 Å². The normalized spacial score (nSPS) is 15.4. The van der Waals surface area contributed by atoms with Crippen LogP contribution in [0.4, 0.5) is 5.82 Å². The molecule has 0 bridgehead atoms. The standard InChI is InChI=1S/C26H34N6O2S/c1-3-4-7-23-31-24-25(32(23)17-20-10-8-19(16-27)9-11-20)21-13-12-18(15-22(21)30-26(24)28)6-5-14-29-35(2,33)34/h8-13,15,23,28-29H,3-7,14,16-17,27H2,1-2H3/p+1. The molecule has 2 heterocycles. The number of hydrogen-bond acceptors (Lipinski definition) is 6. The van der Waals surface area contributed by atoms with Gasteiger partial charge in [-0.15, -0.1) is 0 Å². The highest BCUT2D eigenvalue weighted by Gasteiger charge is 2.29. The van der Waals surface area contributed by atoms with Crippen molar-refractivity contribution in [1.29, 1.82) is 0 Å². The smallest absolute Gasteiger partial charge is 0.247 e. The first-order valence-corrected chi connectivity index (χ1v) is 14.1. The lowest BCUT2D eigenvalue weighted by molar-refractivity contribution is 0.423. The van der Waals surface area contributed by atoms with Crippen LogP contribution in [-0.2, 0) is 29.5 Å². The molecule has 0 saturated heterocycles. The second-order valence-corrected chi connectivity index (χ2v) is 11.0. The summed E-state index contributed by atoms with van der Waals surface area (Å²) in [5.41, 5.74) is 16.4. The molecule has 0 saturated carbocycles. The minimum Gasteiger partial charge on any atom is -0.382 e. The van der Waals surface area contributed by atoms with E-state index in [4.69, 9.17) is 16.5 Å². The van der Waals surface area contributed by atoms with Crippen molar-refractivity contribution in [1.82, 2.24) is 14.3 Å². The number of aromatic nitrogens is 1. The van der Waals surface area contributed by atoms with Crippen LogP contribution >= 0.6 is 0 Å². The van der Waals surface area contributed by atoms with Crippen LogP contribution in [0.3, 0.4) is 0 Å². The summed E-state index contributed by atoms with van der Waals surface area (Å²) in [4.78, 5) is 9.70. The Morgan fingerprint density at radius 1 is 1.06 bits per heavy atom. The van der Waals surface area contributed by atoms with Gasteiger partial charge in [-0.05, 0) is 42.5 Å². The van der Waals surface area contributed by atoms with Crippen LogP contribution < -0.4 is 31.5 Å². The first kappa shape index (κ1) is 25.2. The molecule has 1 unspecified atom stereocenters. The summed E-state index contributed by atoms with van der Waals surface area (Å²) in [6.07, 6.45) is 5.80. The van der Waals surface area contributed by atoms with Gasteiger partial charge >= 0.3 is 0 Å². The maximum absolute atomic E-state index is 11.3. The number of rotatable bonds is 11. The van der Waals surface area contributed by atoms with Crippen LogP contribution in [0, 0.1) is 0 Å². The molecule has 8 nitrogen and oxygen atoms in total. The van der Waals surface area contributed by atoms with Crippen molar-refractivity contribution in [2.24, 2.45) is 10.7 Å². The Bertz CT molecular complexity index is 1440. The fraction of sp³-hybridized carbons (Fsp3) is 0.423. The minimum absolute atomic E-state index is 0.0237. The molecule has 0 fully saturated rings. The lowest BCUT2D eigenvalue weighted by Gasteiger charge is -2.10. The van der Waals surface area contributed by atoms with Crippen LogP contribution in [-0.4, -0.2) is 32.4 Å². The third-order valence-corrected chi connectivity index (χ3v) is 7.11. The van der Waals surface area contributed by atoms with Gasteiger partial charge in [-0.1, -0.05) is 43.7 Å². The molecule has 186 valence electrons. The average molecular weight is 496 g/mol. The van der Waals surface area contributed by atoms with Gasteiger partial charge in [0.1, 0.15) is 0 Å². The van der Waals surface area contributed by atoms with E-state index in [2.05, 4.69) is 63.7 Å². The average Bonchev–Trinajstić information content (AvgIpc) is 3.19. The molecule has 4 rings (SSSR count). The maximum Gasteiger partial charge on any atom is 0.247 e. The van der Waals surface area contributed by atoms with E-state index in [1.54, 1.807) is 0 Å². The number of hydrogen-bond donors (Lipinski definition) is 3. The second kappa shape index (κ2) is 10.8. The number of pyridine rings is 1. The summed E-state index contributed by atoms with van der Waals surface area (Å²) in [5.74, 6) is 0.450. The summed E-state index contributed by atoms with van der Waals surface area (Å²) < 4.78 is 27.5. The summed E-state index contributed by atoms with van der Waals surface area (Å²) in [5, 5.41) is 2.86. The highest BCUT2D eigenvalue weighted by molar-refractivity contribution is 7.88. The Labute approximate surface area is 206 Å². The Balaban J connectivity index is 1.73. The molecule has 5 N–H and O–H groups in total. The van der Waals surface area contributed by atoms with Crippen LogP contribution in [0.2, 0.25) is 0 Å². The predicted molar refractivity (Wildman–Crippen MR) is 141 cm³/mol. The number of fused-ring (bicyclic) bond motifs is 3. The van der Waals surface area contributed by atoms with Crippen LogP contribution in [0.1, 0.15) is 49.3 Å². The Kier molecular flexibility index (Phi) is 7.78. The van der Waals surface area contributed by atoms with Gasteiger partial charge in [-0.25, -0.2) is 23.1 Å². The molecular formula is C26H35N6O2S+. The molecule has 35 heavy (non-hydrogen) atoms. The molecule has 2 aromatic carbocycles. The minimum atomic E-state index is -3.17. The van der Waals surface area contributed by atoms with E-state index in [0.29, 0.717) is 25.3 Å². The van der Waals surface area contributed by atoms with Gasteiger partial charge in [0, 0.05) is 25.1 Å². The van der Waals surface area contributed by atoms with E-state index in [0.717, 1.165) is 65.0 Å². The van der Waals surface area contributed by atoms with Crippen molar-refractivity contribution in [3.8, 4) is 0 Å². The van der Waals surface area contributed by atoms with E-state index in [-0.39, 0.29) is 6.17 Å². The summed E-state index contributed by atoms with van der Waals surface area (Å²) in [6.45, 7) is 3.86. The molecule has 1 aliphatic rings. The fourth-order valence-electron chi connectivity index (χ4n) is 4.56. The summed E-state index contributed by atoms with van der Waals surface area (Å²) in [6, 6.07) is 14.7.